The van der Waals surface area contributed by atoms with Crippen LogP contribution in [0.25, 0.3) is 0 Å². The van der Waals surface area contributed by atoms with E-state index in [9.17, 15) is 9.59 Å². The van der Waals surface area contributed by atoms with Gasteiger partial charge in [0.05, 0.1) is 26.4 Å². The molecule has 3 atom stereocenters. The first-order valence-electron chi connectivity index (χ1n) is 7.90. The second-order valence-corrected chi connectivity index (χ2v) is 6.06. The maximum Gasteiger partial charge on any atom is 0.411 e. The number of carbonyl (C=O) groups is 2. The maximum atomic E-state index is 12.5. The van der Waals surface area contributed by atoms with Crippen LogP contribution in [0, 0.1) is 0 Å². The predicted octanol–water partition coefficient (Wildman–Crippen LogP) is 1.70. The summed E-state index contributed by atoms with van der Waals surface area (Å²) in [5, 5.41) is 0. The van der Waals surface area contributed by atoms with Gasteiger partial charge < -0.3 is 18.9 Å². The third-order valence-electron chi connectivity index (χ3n) is 4.20. The van der Waals surface area contributed by atoms with Crippen LogP contribution in [0.15, 0.2) is 30.3 Å². The monoisotopic (exact) mass is 335 g/mol. The number of nitrogens with zero attached hydrogens (tertiary/aromatic N) is 1. The topological polar surface area (TPSA) is 74.3 Å². The average molecular weight is 335 g/mol. The van der Waals surface area contributed by atoms with Gasteiger partial charge in [-0.15, -0.1) is 0 Å². The van der Waals surface area contributed by atoms with Crippen LogP contribution in [-0.4, -0.2) is 55.2 Å². The number of ether oxygens (including phenoxy) is 4. The molecular formula is C17H21NO6. The van der Waals surface area contributed by atoms with Crippen molar-refractivity contribution in [2.45, 2.75) is 37.9 Å². The Kier molecular flexibility index (Phi) is 4.73. The second kappa shape index (κ2) is 6.78. The number of amides is 1. The van der Waals surface area contributed by atoms with E-state index in [1.165, 1.54) is 12.0 Å². The quantitative estimate of drug-likeness (QED) is 0.783. The van der Waals surface area contributed by atoms with Gasteiger partial charge in [-0.1, -0.05) is 30.3 Å². The van der Waals surface area contributed by atoms with Gasteiger partial charge in [0.15, 0.2) is 5.79 Å². The fraction of sp³-hybridized carbons (Fsp3) is 0.529. The van der Waals surface area contributed by atoms with Crippen LogP contribution in [0.5, 0.6) is 0 Å². The van der Waals surface area contributed by atoms with Crippen LogP contribution in [0.4, 0.5) is 4.79 Å². The lowest BCUT2D eigenvalue weighted by Gasteiger charge is -2.23. The number of carbonyl (C=O) groups excluding carboxylic acids is 2. The fourth-order valence-electron chi connectivity index (χ4n) is 3.07. The molecule has 0 bridgehead atoms. The van der Waals surface area contributed by atoms with Crippen molar-refractivity contribution >= 4 is 12.1 Å². The molecule has 0 aliphatic carbocycles. The van der Waals surface area contributed by atoms with Gasteiger partial charge in [0.2, 0.25) is 0 Å². The first-order chi connectivity index (χ1) is 11.5. The summed E-state index contributed by atoms with van der Waals surface area (Å²) < 4.78 is 21.6. The maximum absolute atomic E-state index is 12.5. The molecule has 2 aliphatic rings. The van der Waals surface area contributed by atoms with E-state index in [4.69, 9.17) is 18.9 Å². The molecule has 1 spiro atoms. The molecule has 7 nitrogen and oxygen atoms in total. The van der Waals surface area contributed by atoms with Crippen molar-refractivity contribution in [3.05, 3.63) is 35.9 Å². The number of esters is 1. The third-order valence-corrected chi connectivity index (χ3v) is 4.20. The first-order valence-corrected chi connectivity index (χ1v) is 7.90. The highest BCUT2D eigenvalue weighted by Crippen LogP contribution is 2.37. The predicted molar refractivity (Wildman–Crippen MR) is 83.0 cm³/mol. The zero-order valence-electron chi connectivity index (χ0n) is 13.8. The lowest BCUT2D eigenvalue weighted by molar-refractivity contribution is -0.158. The normalized spacial score (nSPS) is 29.0. The summed E-state index contributed by atoms with van der Waals surface area (Å²) in [7, 11) is 1.29. The van der Waals surface area contributed by atoms with Gasteiger partial charge in [-0.05, 0) is 12.5 Å². The Morgan fingerprint density at radius 2 is 2.08 bits per heavy atom. The van der Waals surface area contributed by atoms with Gasteiger partial charge in [-0.25, -0.2) is 9.59 Å². The highest BCUT2D eigenvalue weighted by atomic mass is 16.7. The van der Waals surface area contributed by atoms with Crippen molar-refractivity contribution in [1.29, 1.82) is 0 Å². The Morgan fingerprint density at radius 1 is 1.33 bits per heavy atom. The molecule has 2 saturated heterocycles. The van der Waals surface area contributed by atoms with Gasteiger partial charge in [0.25, 0.3) is 0 Å². The highest BCUT2D eigenvalue weighted by Gasteiger charge is 2.54. The van der Waals surface area contributed by atoms with E-state index >= 15 is 0 Å². The minimum atomic E-state index is -0.954. The van der Waals surface area contributed by atoms with Crippen molar-refractivity contribution in [2.24, 2.45) is 0 Å². The molecule has 1 aromatic carbocycles. The van der Waals surface area contributed by atoms with Gasteiger partial charge in [-0.3, -0.25) is 4.90 Å². The molecule has 2 unspecified atom stereocenters. The van der Waals surface area contributed by atoms with Crippen molar-refractivity contribution < 1.29 is 28.5 Å². The molecule has 0 aromatic heterocycles. The van der Waals surface area contributed by atoms with Crippen molar-refractivity contribution in [3.8, 4) is 0 Å². The number of rotatable bonds is 3. The summed E-state index contributed by atoms with van der Waals surface area (Å²) in [4.78, 5) is 25.8. The molecule has 0 N–H and O–H groups in total. The Bertz CT molecular complexity index is 606. The van der Waals surface area contributed by atoms with Gasteiger partial charge in [0.1, 0.15) is 12.6 Å². The van der Waals surface area contributed by atoms with Gasteiger partial charge in [-0.2, -0.15) is 0 Å². The SMILES string of the molecule is COC(=O)C1C[C@]2(CN1C(=O)OCc1ccccc1)OCC(C)O2. The van der Waals surface area contributed by atoms with Crippen molar-refractivity contribution in [2.75, 3.05) is 20.3 Å². The van der Waals surface area contributed by atoms with Crippen molar-refractivity contribution in [3.63, 3.8) is 0 Å². The van der Waals surface area contributed by atoms with E-state index in [1.54, 1.807) is 0 Å². The number of benzene rings is 1. The van der Waals surface area contributed by atoms with E-state index < -0.39 is 23.9 Å². The smallest absolute Gasteiger partial charge is 0.411 e. The van der Waals surface area contributed by atoms with E-state index in [-0.39, 0.29) is 25.7 Å². The zero-order valence-corrected chi connectivity index (χ0v) is 13.8. The molecule has 2 heterocycles. The van der Waals surface area contributed by atoms with E-state index in [1.807, 2.05) is 37.3 Å². The average Bonchev–Trinajstić information content (AvgIpc) is 3.16. The lowest BCUT2D eigenvalue weighted by atomic mass is 10.1. The third kappa shape index (κ3) is 3.37. The molecule has 130 valence electrons. The summed E-state index contributed by atoms with van der Waals surface area (Å²) in [6.45, 7) is 2.60. The number of methoxy groups -OCH3 is 1. The van der Waals surface area contributed by atoms with Crippen molar-refractivity contribution in [1.82, 2.24) is 4.90 Å². The summed E-state index contributed by atoms with van der Waals surface area (Å²) in [6, 6.07) is 8.57. The standard InChI is InChI=1S/C17H21NO6/c1-12-9-23-17(24-12)8-14(15(19)21-2)18(11-17)16(20)22-10-13-6-4-3-5-7-13/h3-7,12,14H,8-11H2,1-2H3/t12?,14?,17-/m0/s1. The number of hydrogen-bond acceptors (Lipinski definition) is 6. The Hall–Kier alpha value is -2.12. The van der Waals surface area contributed by atoms with Crippen LogP contribution in [0.2, 0.25) is 0 Å². The summed E-state index contributed by atoms with van der Waals surface area (Å²) in [5.41, 5.74) is 0.872. The van der Waals surface area contributed by atoms with Crippen LogP contribution < -0.4 is 0 Å². The lowest BCUT2D eigenvalue weighted by Crippen LogP contribution is -2.42. The number of hydrogen-bond donors (Lipinski definition) is 0. The van der Waals surface area contributed by atoms with E-state index in [0.717, 1.165) is 5.56 Å². The number of likely N-dealkylation sites (tertiary alicyclic amines) is 1. The largest absolute Gasteiger partial charge is 0.467 e. The Morgan fingerprint density at radius 3 is 2.71 bits per heavy atom. The molecule has 7 heteroatoms. The van der Waals surface area contributed by atoms with Crippen LogP contribution >= 0.6 is 0 Å². The van der Waals surface area contributed by atoms with Gasteiger partial charge >= 0.3 is 12.1 Å². The minimum Gasteiger partial charge on any atom is -0.467 e. The molecule has 1 aromatic rings. The Balaban J connectivity index is 1.69. The molecule has 24 heavy (non-hydrogen) atoms. The molecule has 3 rings (SSSR count). The molecular weight excluding hydrogens is 314 g/mol. The summed E-state index contributed by atoms with van der Waals surface area (Å²) in [5.74, 6) is -1.46. The van der Waals surface area contributed by atoms with Gasteiger partial charge in [0, 0.05) is 6.42 Å². The second-order valence-electron chi connectivity index (χ2n) is 6.06. The van der Waals surface area contributed by atoms with E-state index in [0.29, 0.717) is 6.61 Å². The molecule has 2 fully saturated rings. The summed E-state index contributed by atoms with van der Waals surface area (Å²) in [6.07, 6.45) is -0.425. The summed E-state index contributed by atoms with van der Waals surface area (Å²) >= 11 is 0. The van der Waals surface area contributed by atoms with Crippen LogP contribution in [0.3, 0.4) is 0 Å². The zero-order chi connectivity index (χ0) is 17.2. The Labute approximate surface area is 140 Å². The molecule has 0 radical (unpaired) electrons. The first kappa shape index (κ1) is 16.7. The molecule has 1 amide bonds. The van der Waals surface area contributed by atoms with E-state index in [2.05, 4.69) is 0 Å². The fourth-order valence-corrected chi connectivity index (χ4v) is 3.07. The van der Waals surface area contributed by atoms with Crippen LogP contribution in [-0.2, 0) is 30.3 Å². The molecule has 0 saturated carbocycles. The minimum absolute atomic E-state index is 0.0800. The van der Waals surface area contributed by atoms with Crippen LogP contribution in [0.1, 0.15) is 18.9 Å². The molecule has 2 aliphatic heterocycles. The highest BCUT2D eigenvalue weighted by molar-refractivity contribution is 5.82.